The van der Waals surface area contributed by atoms with E-state index in [1.807, 2.05) is 36.2 Å². The molecule has 5 rings (SSSR count). The Bertz CT molecular complexity index is 1160. The van der Waals surface area contributed by atoms with Crippen molar-refractivity contribution in [3.05, 3.63) is 59.2 Å². The summed E-state index contributed by atoms with van der Waals surface area (Å²) in [4.78, 5) is 31.2. The Morgan fingerprint density at radius 2 is 1.92 bits per heavy atom. The quantitative estimate of drug-likeness (QED) is 0.543. The Hall–Kier alpha value is -3.10. The summed E-state index contributed by atoms with van der Waals surface area (Å²) in [5, 5.41) is 3.50. The maximum Gasteiger partial charge on any atom is 0.410 e. The summed E-state index contributed by atoms with van der Waals surface area (Å²) in [6, 6.07) is 14.9. The lowest BCUT2D eigenvalue weighted by Gasteiger charge is -2.32. The molecule has 2 heterocycles. The van der Waals surface area contributed by atoms with Crippen molar-refractivity contribution in [2.45, 2.75) is 64.8 Å². The van der Waals surface area contributed by atoms with Crippen LogP contribution < -0.4 is 15.0 Å². The average Bonchev–Trinajstić information content (AvgIpc) is 3.33. The number of cyclic esters (lactones) is 1. The molecule has 3 aliphatic rings. The first kappa shape index (κ1) is 27.5. The standard InChI is InChI=1S/C31H42N4O4/c1-22-17-27(10-7-26(22)21-34-14-13-32-23(2)19-34)33(3)30(36)25-8-11-28(12-9-25)39-29-6-4-5-24(18-29)20-35-15-16-38-31(35)37/h4-7,10,17-18,23,25,28,32H,8-9,11-16,19-21H2,1-3H3/t23-,25?,28?/m0/s1. The molecule has 2 saturated heterocycles. The first-order valence-corrected chi connectivity index (χ1v) is 14.4. The van der Waals surface area contributed by atoms with Crippen molar-refractivity contribution in [1.82, 2.24) is 15.1 Å². The first-order valence-electron chi connectivity index (χ1n) is 14.4. The van der Waals surface area contributed by atoms with Crippen LogP contribution in [0.2, 0.25) is 0 Å². The molecule has 0 spiro atoms. The number of piperazine rings is 1. The van der Waals surface area contributed by atoms with Gasteiger partial charge in [-0.25, -0.2) is 4.79 Å². The van der Waals surface area contributed by atoms with Gasteiger partial charge in [0.05, 0.1) is 12.6 Å². The fraction of sp³-hybridized carbons (Fsp3) is 0.548. The fourth-order valence-corrected chi connectivity index (χ4v) is 5.99. The van der Waals surface area contributed by atoms with Crippen LogP contribution in [-0.2, 0) is 22.6 Å². The Morgan fingerprint density at radius 3 is 2.64 bits per heavy atom. The largest absolute Gasteiger partial charge is 0.490 e. The number of carbonyl (C=O) groups excluding carboxylic acids is 2. The molecule has 8 heteroatoms. The van der Waals surface area contributed by atoms with Crippen molar-refractivity contribution >= 4 is 17.7 Å². The molecule has 1 atom stereocenters. The SMILES string of the molecule is Cc1cc(N(C)C(=O)C2CCC(Oc3cccc(CN4CCOC4=O)c3)CC2)ccc1CN1CCN[C@@H](C)C1. The third-order valence-corrected chi connectivity index (χ3v) is 8.33. The molecule has 2 amide bonds. The van der Waals surface area contributed by atoms with E-state index in [0.29, 0.717) is 25.7 Å². The van der Waals surface area contributed by atoms with Gasteiger partial charge in [-0.05, 0) is 80.5 Å². The zero-order valence-electron chi connectivity index (χ0n) is 23.5. The average molecular weight is 535 g/mol. The third kappa shape index (κ3) is 6.92. The molecule has 2 aromatic carbocycles. The fourth-order valence-electron chi connectivity index (χ4n) is 5.99. The summed E-state index contributed by atoms with van der Waals surface area (Å²) >= 11 is 0. The number of nitrogens with one attached hydrogen (secondary N) is 1. The first-order chi connectivity index (χ1) is 18.9. The minimum absolute atomic E-state index is 0.0182. The summed E-state index contributed by atoms with van der Waals surface area (Å²) in [7, 11) is 1.90. The molecule has 0 bridgehead atoms. The molecular formula is C31H42N4O4. The molecule has 39 heavy (non-hydrogen) atoms. The van der Waals surface area contributed by atoms with Crippen LogP contribution in [0.3, 0.4) is 0 Å². The number of ether oxygens (including phenoxy) is 2. The Kier molecular flexibility index (Phi) is 8.72. The van der Waals surface area contributed by atoms with Crippen molar-refractivity contribution in [3.8, 4) is 5.75 Å². The Balaban J connectivity index is 1.11. The van der Waals surface area contributed by atoms with Crippen molar-refractivity contribution in [2.75, 3.05) is 44.7 Å². The van der Waals surface area contributed by atoms with Crippen LogP contribution in [0.1, 0.15) is 49.3 Å². The smallest absolute Gasteiger partial charge is 0.410 e. The molecular weight excluding hydrogens is 492 g/mol. The van der Waals surface area contributed by atoms with Gasteiger partial charge in [-0.3, -0.25) is 9.69 Å². The summed E-state index contributed by atoms with van der Waals surface area (Å²) in [5.41, 5.74) is 4.56. The van der Waals surface area contributed by atoms with Gasteiger partial charge in [0.25, 0.3) is 0 Å². The molecule has 0 unspecified atom stereocenters. The van der Waals surface area contributed by atoms with Crippen LogP contribution in [0.25, 0.3) is 0 Å². The zero-order valence-corrected chi connectivity index (χ0v) is 23.5. The monoisotopic (exact) mass is 534 g/mol. The lowest BCUT2D eigenvalue weighted by molar-refractivity contribution is -0.123. The normalized spacial score (nSPS) is 23.9. The number of nitrogens with zero attached hydrogens (tertiary/aromatic N) is 3. The third-order valence-electron chi connectivity index (χ3n) is 8.33. The highest BCUT2D eigenvalue weighted by Crippen LogP contribution is 2.31. The van der Waals surface area contributed by atoms with Crippen molar-refractivity contribution in [1.29, 1.82) is 0 Å². The Morgan fingerprint density at radius 1 is 1.10 bits per heavy atom. The van der Waals surface area contributed by atoms with E-state index in [-0.39, 0.29) is 24.0 Å². The van der Waals surface area contributed by atoms with Gasteiger partial charge < -0.3 is 24.6 Å². The maximum absolute atomic E-state index is 13.4. The number of hydrogen-bond acceptors (Lipinski definition) is 6. The second-order valence-electron chi connectivity index (χ2n) is 11.4. The lowest BCUT2D eigenvalue weighted by atomic mass is 9.86. The second-order valence-corrected chi connectivity index (χ2v) is 11.4. The van der Waals surface area contributed by atoms with Crippen LogP contribution in [0.5, 0.6) is 5.75 Å². The van der Waals surface area contributed by atoms with Gasteiger partial charge in [-0.15, -0.1) is 0 Å². The highest BCUT2D eigenvalue weighted by atomic mass is 16.6. The molecule has 1 saturated carbocycles. The summed E-state index contributed by atoms with van der Waals surface area (Å²) < 4.78 is 11.3. The number of benzene rings is 2. The van der Waals surface area contributed by atoms with Crippen LogP contribution in [0, 0.1) is 12.8 Å². The molecule has 0 aromatic heterocycles. The van der Waals surface area contributed by atoms with Gasteiger partial charge in [-0.2, -0.15) is 0 Å². The summed E-state index contributed by atoms with van der Waals surface area (Å²) in [5.74, 6) is 1.03. The molecule has 1 aliphatic carbocycles. The number of rotatable bonds is 8. The molecule has 2 aliphatic heterocycles. The number of aryl methyl sites for hydroxylation is 1. The van der Waals surface area contributed by atoms with E-state index in [9.17, 15) is 9.59 Å². The van der Waals surface area contributed by atoms with Crippen LogP contribution in [0.15, 0.2) is 42.5 Å². The Labute approximate surface area is 232 Å². The van der Waals surface area contributed by atoms with Gasteiger partial charge in [0.2, 0.25) is 5.91 Å². The maximum atomic E-state index is 13.4. The van der Waals surface area contributed by atoms with Crippen LogP contribution in [0.4, 0.5) is 10.5 Å². The zero-order chi connectivity index (χ0) is 27.4. The number of amides is 2. The molecule has 8 nitrogen and oxygen atoms in total. The summed E-state index contributed by atoms with van der Waals surface area (Å²) in [6.45, 7) is 10.1. The lowest BCUT2D eigenvalue weighted by Crippen LogP contribution is -2.48. The van der Waals surface area contributed by atoms with Gasteiger partial charge in [0, 0.05) is 57.4 Å². The predicted octanol–water partition coefficient (Wildman–Crippen LogP) is 4.34. The molecule has 1 N–H and O–H groups in total. The van der Waals surface area contributed by atoms with E-state index >= 15 is 0 Å². The van der Waals surface area contributed by atoms with E-state index in [0.717, 1.165) is 68.9 Å². The van der Waals surface area contributed by atoms with E-state index in [1.165, 1.54) is 11.1 Å². The highest BCUT2D eigenvalue weighted by molar-refractivity contribution is 5.94. The topological polar surface area (TPSA) is 74.4 Å². The van der Waals surface area contributed by atoms with Crippen molar-refractivity contribution < 1.29 is 19.1 Å². The van der Waals surface area contributed by atoms with E-state index in [1.54, 1.807) is 4.90 Å². The number of carbonyl (C=O) groups is 2. The minimum atomic E-state index is -0.259. The minimum Gasteiger partial charge on any atom is -0.490 e. The van der Waals surface area contributed by atoms with Crippen LogP contribution >= 0.6 is 0 Å². The van der Waals surface area contributed by atoms with Crippen molar-refractivity contribution in [3.63, 3.8) is 0 Å². The van der Waals surface area contributed by atoms with E-state index in [2.05, 4.69) is 42.3 Å². The van der Waals surface area contributed by atoms with Gasteiger partial charge in [0.15, 0.2) is 0 Å². The van der Waals surface area contributed by atoms with Crippen LogP contribution in [-0.4, -0.2) is 73.8 Å². The van der Waals surface area contributed by atoms with Gasteiger partial charge >= 0.3 is 6.09 Å². The van der Waals surface area contributed by atoms with Gasteiger partial charge in [-0.1, -0.05) is 18.2 Å². The second kappa shape index (κ2) is 12.4. The number of hydrogen-bond donors (Lipinski definition) is 1. The predicted molar refractivity (Wildman–Crippen MR) is 152 cm³/mol. The van der Waals surface area contributed by atoms with Gasteiger partial charge in [0.1, 0.15) is 12.4 Å². The number of anilines is 1. The molecule has 0 radical (unpaired) electrons. The van der Waals surface area contributed by atoms with Crippen molar-refractivity contribution in [2.24, 2.45) is 5.92 Å². The molecule has 2 aromatic rings. The summed E-state index contributed by atoms with van der Waals surface area (Å²) in [6.07, 6.45) is 3.20. The van der Waals surface area contributed by atoms with E-state index in [4.69, 9.17) is 9.47 Å². The highest BCUT2D eigenvalue weighted by Gasteiger charge is 2.30. The molecule has 3 fully saturated rings. The van der Waals surface area contributed by atoms with E-state index < -0.39 is 0 Å². The molecule has 210 valence electrons.